The van der Waals surface area contributed by atoms with Gasteiger partial charge < -0.3 is 4.90 Å². The van der Waals surface area contributed by atoms with E-state index in [-0.39, 0.29) is 0 Å². The highest BCUT2D eigenvalue weighted by Gasteiger charge is 2.17. The zero-order valence-electron chi connectivity index (χ0n) is 27.9. The van der Waals surface area contributed by atoms with Gasteiger partial charge in [0.25, 0.3) is 0 Å². The summed E-state index contributed by atoms with van der Waals surface area (Å²) >= 11 is 1.71. The Morgan fingerprint density at radius 2 is 0.942 bits per heavy atom. The molecule has 6 heteroatoms. The lowest BCUT2D eigenvalue weighted by molar-refractivity contribution is 1.23. The summed E-state index contributed by atoms with van der Waals surface area (Å²) in [6.45, 7) is 0. The number of thiophene rings is 1. The fraction of sp³-hybridized carbons (Fsp3) is 0. The minimum atomic E-state index is 0.949. The van der Waals surface area contributed by atoms with Crippen LogP contribution < -0.4 is 4.90 Å². The Labute approximate surface area is 304 Å². The fourth-order valence-electron chi connectivity index (χ4n) is 7.11. The second kappa shape index (κ2) is 12.5. The number of anilines is 3. The van der Waals surface area contributed by atoms with Crippen LogP contribution in [0, 0.1) is 0 Å². The zero-order valence-corrected chi connectivity index (χ0v) is 28.7. The van der Waals surface area contributed by atoms with Crippen molar-refractivity contribution in [3.05, 3.63) is 176 Å². The Bertz CT molecular complexity index is 2780. The van der Waals surface area contributed by atoms with Gasteiger partial charge in [-0.3, -0.25) is 9.97 Å². The summed E-state index contributed by atoms with van der Waals surface area (Å²) in [5.74, 6) is 0. The lowest BCUT2D eigenvalue weighted by atomic mass is 10.0. The number of fused-ring (bicyclic) bond motifs is 5. The van der Waals surface area contributed by atoms with E-state index >= 15 is 0 Å². The Morgan fingerprint density at radius 1 is 0.423 bits per heavy atom. The van der Waals surface area contributed by atoms with E-state index in [1.807, 2.05) is 24.5 Å². The molecule has 10 rings (SSSR count). The van der Waals surface area contributed by atoms with Crippen molar-refractivity contribution in [2.75, 3.05) is 4.90 Å². The van der Waals surface area contributed by atoms with E-state index in [0.717, 1.165) is 82.6 Å². The highest BCUT2D eigenvalue weighted by atomic mass is 32.1. The lowest BCUT2D eigenvalue weighted by Crippen LogP contribution is -2.09. The summed E-state index contributed by atoms with van der Waals surface area (Å²) < 4.78 is 1.22. The van der Waals surface area contributed by atoms with Crippen molar-refractivity contribution in [2.45, 2.75) is 0 Å². The molecule has 0 bridgehead atoms. The van der Waals surface area contributed by atoms with E-state index in [4.69, 9.17) is 4.98 Å². The molecule has 244 valence electrons. The minimum Gasteiger partial charge on any atom is -0.311 e. The first-order valence-electron chi connectivity index (χ1n) is 17.2. The second-order valence-corrected chi connectivity index (χ2v) is 13.8. The van der Waals surface area contributed by atoms with Gasteiger partial charge in [0, 0.05) is 61.3 Å². The highest BCUT2D eigenvalue weighted by molar-refractivity contribution is 7.25. The molecule has 0 aliphatic rings. The Morgan fingerprint density at radius 3 is 1.52 bits per heavy atom. The van der Waals surface area contributed by atoms with Gasteiger partial charge in [0.2, 0.25) is 0 Å². The van der Waals surface area contributed by atoms with E-state index in [2.05, 4.69) is 165 Å². The molecule has 0 saturated heterocycles. The number of hydrogen-bond donors (Lipinski definition) is 0. The largest absolute Gasteiger partial charge is 0.311 e. The van der Waals surface area contributed by atoms with Crippen LogP contribution in [0.3, 0.4) is 0 Å². The molecular formula is C46H29N5S. The van der Waals surface area contributed by atoms with E-state index < -0.39 is 0 Å². The van der Waals surface area contributed by atoms with Gasteiger partial charge in [-0.25, -0.2) is 9.97 Å². The van der Waals surface area contributed by atoms with Crippen LogP contribution in [0.15, 0.2) is 176 Å². The predicted octanol–water partition coefficient (Wildman–Crippen LogP) is 12.4. The van der Waals surface area contributed by atoms with Crippen molar-refractivity contribution < 1.29 is 0 Å². The average molecular weight is 684 g/mol. The molecule has 0 atom stereocenters. The third kappa shape index (κ3) is 5.34. The summed E-state index contributed by atoms with van der Waals surface area (Å²) in [5.41, 5.74) is 11.8. The first-order chi connectivity index (χ1) is 25.7. The van der Waals surface area contributed by atoms with Crippen LogP contribution in [-0.4, -0.2) is 19.9 Å². The van der Waals surface area contributed by atoms with Crippen molar-refractivity contribution in [1.82, 2.24) is 19.9 Å². The van der Waals surface area contributed by atoms with Gasteiger partial charge in [-0.2, -0.15) is 0 Å². The van der Waals surface area contributed by atoms with Crippen LogP contribution >= 0.6 is 11.3 Å². The van der Waals surface area contributed by atoms with Gasteiger partial charge in [-0.1, -0.05) is 78.9 Å². The van der Waals surface area contributed by atoms with Crippen LogP contribution in [-0.2, 0) is 0 Å². The average Bonchev–Trinajstić information content (AvgIpc) is 3.61. The highest BCUT2D eigenvalue weighted by Crippen LogP contribution is 2.40. The molecule has 0 N–H and O–H groups in total. The number of nitrogens with zero attached hydrogens (tertiary/aromatic N) is 5. The first kappa shape index (κ1) is 30.1. The molecule has 0 fully saturated rings. The molecule has 0 unspecified atom stereocenters. The molecule has 0 aliphatic heterocycles. The SMILES string of the molecule is c1cnc2ccc(-c3ccc(N(c4ccc(-c5ccc6ncccc6c5)cc4)c4ccc(-c5ncnc6sc7ccccc7c56)cc4)cc3)cc2c1. The van der Waals surface area contributed by atoms with E-state index in [1.54, 1.807) is 17.7 Å². The molecule has 0 radical (unpaired) electrons. The van der Waals surface area contributed by atoms with E-state index in [0.29, 0.717) is 0 Å². The monoisotopic (exact) mass is 683 g/mol. The molecular weight excluding hydrogens is 655 g/mol. The number of rotatable bonds is 6. The molecule has 10 aromatic rings. The fourth-order valence-corrected chi connectivity index (χ4v) is 8.15. The number of pyridine rings is 2. The maximum Gasteiger partial charge on any atom is 0.128 e. The van der Waals surface area contributed by atoms with Crippen LogP contribution in [0.1, 0.15) is 0 Å². The summed E-state index contributed by atoms with van der Waals surface area (Å²) in [6, 6.07) is 55.8. The lowest BCUT2D eigenvalue weighted by Gasteiger charge is -2.26. The molecule has 5 nitrogen and oxygen atoms in total. The Hall–Kier alpha value is -6.76. The van der Waals surface area contributed by atoms with Crippen molar-refractivity contribution in [3.63, 3.8) is 0 Å². The van der Waals surface area contributed by atoms with Crippen molar-refractivity contribution in [3.8, 4) is 33.5 Å². The smallest absolute Gasteiger partial charge is 0.128 e. The van der Waals surface area contributed by atoms with Crippen molar-refractivity contribution in [2.24, 2.45) is 0 Å². The molecule has 4 heterocycles. The molecule has 52 heavy (non-hydrogen) atoms. The molecule has 6 aromatic carbocycles. The van der Waals surface area contributed by atoms with Crippen LogP contribution in [0.5, 0.6) is 0 Å². The van der Waals surface area contributed by atoms with Gasteiger partial charge >= 0.3 is 0 Å². The zero-order chi connectivity index (χ0) is 34.4. The number of aromatic nitrogens is 4. The molecule has 0 saturated carbocycles. The summed E-state index contributed by atoms with van der Waals surface area (Å²) in [4.78, 5) is 21.7. The molecule has 0 spiro atoms. The molecule has 4 aromatic heterocycles. The van der Waals surface area contributed by atoms with Gasteiger partial charge in [0.15, 0.2) is 0 Å². The van der Waals surface area contributed by atoms with E-state index in [1.165, 1.54) is 10.1 Å². The summed E-state index contributed by atoms with van der Waals surface area (Å²) in [5, 5.41) is 4.55. The third-order valence-corrected chi connectivity index (χ3v) is 10.8. The van der Waals surface area contributed by atoms with Crippen LogP contribution in [0.25, 0.3) is 75.6 Å². The van der Waals surface area contributed by atoms with Gasteiger partial charge in [0.1, 0.15) is 11.2 Å². The minimum absolute atomic E-state index is 0.949. The normalized spacial score (nSPS) is 11.5. The number of benzene rings is 6. The number of hydrogen-bond acceptors (Lipinski definition) is 6. The predicted molar refractivity (Wildman–Crippen MR) is 217 cm³/mol. The molecule has 0 aliphatic carbocycles. The quantitative estimate of drug-likeness (QED) is 0.175. The van der Waals surface area contributed by atoms with Gasteiger partial charge in [0.05, 0.1) is 16.7 Å². The Kier molecular flexibility index (Phi) is 7.25. The third-order valence-electron chi connectivity index (χ3n) is 9.70. The van der Waals surface area contributed by atoms with Crippen LogP contribution in [0.4, 0.5) is 17.1 Å². The topological polar surface area (TPSA) is 54.8 Å². The van der Waals surface area contributed by atoms with Gasteiger partial charge in [-0.15, -0.1) is 11.3 Å². The van der Waals surface area contributed by atoms with Crippen LogP contribution in [0.2, 0.25) is 0 Å². The summed E-state index contributed by atoms with van der Waals surface area (Å²) in [7, 11) is 0. The molecule has 0 amide bonds. The first-order valence-corrected chi connectivity index (χ1v) is 18.0. The second-order valence-electron chi connectivity index (χ2n) is 12.8. The van der Waals surface area contributed by atoms with E-state index in [9.17, 15) is 0 Å². The Balaban J connectivity index is 1.04. The van der Waals surface area contributed by atoms with Gasteiger partial charge in [-0.05, 0) is 101 Å². The maximum atomic E-state index is 4.78. The summed E-state index contributed by atoms with van der Waals surface area (Å²) in [6.07, 6.45) is 5.35. The van der Waals surface area contributed by atoms with Crippen molar-refractivity contribution in [1.29, 1.82) is 0 Å². The standard InChI is InChI=1S/C46H29N5S/c1-2-8-43-40(7-1)44-45(49-29-50-46(44)52-43)32-13-21-39(22-14-32)51(37-17-9-30(10-18-37)33-15-23-41-35(27-33)5-3-25-47-41)38-19-11-31(12-20-38)34-16-24-42-36(28-34)6-4-26-48-42/h1-29H. The van der Waals surface area contributed by atoms with Crippen molar-refractivity contribution >= 4 is 70.5 Å². The maximum absolute atomic E-state index is 4.78.